The van der Waals surface area contributed by atoms with Gasteiger partial charge in [-0.2, -0.15) is 0 Å². The SMILES string of the molecule is CCOc1ccc2nc(C)c(Br)nc2c1. The van der Waals surface area contributed by atoms with E-state index in [0.717, 1.165) is 27.1 Å². The average Bonchev–Trinajstić information content (AvgIpc) is 2.21. The van der Waals surface area contributed by atoms with Gasteiger partial charge in [0.15, 0.2) is 0 Å². The number of halogens is 1. The Morgan fingerprint density at radius 2 is 2.07 bits per heavy atom. The number of nitrogens with zero attached hydrogens (tertiary/aromatic N) is 2. The van der Waals surface area contributed by atoms with Crippen molar-refractivity contribution in [2.75, 3.05) is 6.61 Å². The minimum atomic E-state index is 0.659. The summed E-state index contributed by atoms with van der Waals surface area (Å²) < 4.78 is 6.18. The number of benzene rings is 1. The van der Waals surface area contributed by atoms with Crippen LogP contribution in [0.5, 0.6) is 5.75 Å². The molecule has 0 N–H and O–H groups in total. The van der Waals surface area contributed by atoms with Gasteiger partial charge in [0.25, 0.3) is 0 Å². The molecule has 1 heterocycles. The molecule has 0 fully saturated rings. The zero-order valence-electron chi connectivity index (χ0n) is 8.62. The number of fused-ring (bicyclic) bond motifs is 1. The molecule has 4 heteroatoms. The molecule has 0 unspecified atom stereocenters. The highest BCUT2D eigenvalue weighted by molar-refractivity contribution is 9.10. The molecule has 2 aromatic rings. The summed E-state index contributed by atoms with van der Waals surface area (Å²) in [5.74, 6) is 0.829. The second kappa shape index (κ2) is 4.14. The fraction of sp³-hybridized carbons (Fsp3) is 0.273. The lowest BCUT2D eigenvalue weighted by atomic mass is 10.3. The van der Waals surface area contributed by atoms with E-state index in [1.807, 2.05) is 32.0 Å². The van der Waals surface area contributed by atoms with Gasteiger partial charge >= 0.3 is 0 Å². The Balaban J connectivity index is 2.56. The molecule has 0 aliphatic heterocycles. The highest BCUT2D eigenvalue weighted by Gasteiger charge is 2.03. The maximum Gasteiger partial charge on any atom is 0.128 e. The Morgan fingerprint density at radius 1 is 1.27 bits per heavy atom. The first-order chi connectivity index (χ1) is 7.20. The van der Waals surface area contributed by atoms with Crippen LogP contribution in [0.2, 0.25) is 0 Å². The highest BCUT2D eigenvalue weighted by atomic mass is 79.9. The Labute approximate surface area is 96.6 Å². The number of aryl methyl sites for hydroxylation is 1. The Kier molecular flexibility index (Phi) is 2.86. The van der Waals surface area contributed by atoms with Gasteiger partial charge in [0.1, 0.15) is 10.4 Å². The van der Waals surface area contributed by atoms with Gasteiger partial charge in [0.05, 0.1) is 23.3 Å². The van der Waals surface area contributed by atoms with E-state index in [2.05, 4.69) is 25.9 Å². The van der Waals surface area contributed by atoms with Gasteiger partial charge in [0, 0.05) is 6.07 Å². The minimum absolute atomic E-state index is 0.659. The molecule has 0 aliphatic carbocycles. The first-order valence-electron chi connectivity index (χ1n) is 4.77. The van der Waals surface area contributed by atoms with Crippen molar-refractivity contribution in [1.82, 2.24) is 9.97 Å². The number of hydrogen-bond donors (Lipinski definition) is 0. The molecule has 78 valence electrons. The highest BCUT2D eigenvalue weighted by Crippen LogP contribution is 2.21. The van der Waals surface area contributed by atoms with Crippen molar-refractivity contribution < 1.29 is 4.74 Å². The van der Waals surface area contributed by atoms with E-state index >= 15 is 0 Å². The van der Waals surface area contributed by atoms with Crippen LogP contribution >= 0.6 is 15.9 Å². The predicted molar refractivity (Wildman–Crippen MR) is 63.1 cm³/mol. The molecule has 0 saturated heterocycles. The molecule has 1 aromatic carbocycles. The van der Waals surface area contributed by atoms with Gasteiger partial charge < -0.3 is 4.74 Å². The van der Waals surface area contributed by atoms with Crippen LogP contribution in [0.15, 0.2) is 22.8 Å². The topological polar surface area (TPSA) is 35.0 Å². The zero-order valence-corrected chi connectivity index (χ0v) is 10.2. The normalized spacial score (nSPS) is 10.6. The predicted octanol–water partition coefficient (Wildman–Crippen LogP) is 3.10. The number of aromatic nitrogens is 2. The fourth-order valence-electron chi connectivity index (χ4n) is 1.36. The summed E-state index contributed by atoms with van der Waals surface area (Å²) in [5.41, 5.74) is 2.63. The van der Waals surface area contributed by atoms with E-state index in [0.29, 0.717) is 6.61 Å². The van der Waals surface area contributed by atoms with Crippen molar-refractivity contribution in [2.24, 2.45) is 0 Å². The zero-order chi connectivity index (χ0) is 10.8. The van der Waals surface area contributed by atoms with Crippen molar-refractivity contribution in [1.29, 1.82) is 0 Å². The number of rotatable bonds is 2. The van der Waals surface area contributed by atoms with E-state index in [4.69, 9.17) is 4.74 Å². The van der Waals surface area contributed by atoms with E-state index in [-0.39, 0.29) is 0 Å². The molecule has 15 heavy (non-hydrogen) atoms. The molecule has 0 amide bonds. The summed E-state index contributed by atoms with van der Waals surface area (Å²) in [7, 11) is 0. The fourth-order valence-corrected chi connectivity index (χ4v) is 1.64. The largest absolute Gasteiger partial charge is 0.494 e. The number of ether oxygens (including phenoxy) is 1. The Hall–Kier alpha value is -1.16. The third kappa shape index (κ3) is 2.09. The summed E-state index contributed by atoms with van der Waals surface area (Å²) in [6.07, 6.45) is 0. The lowest BCUT2D eigenvalue weighted by molar-refractivity contribution is 0.340. The van der Waals surface area contributed by atoms with Gasteiger partial charge in [-0.1, -0.05) is 0 Å². The molecular weight excluding hydrogens is 256 g/mol. The van der Waals surface area contributed by atoms with E-state index in [9.17, 15) is 0 Å². The van der Waals surface area contributed by atoms with Gasteiger partial charge in [-0.15, -0.1) is 0 Å². The van der Waals surface area contributed by atoms with Gasteiger partial charge in [-0.3, -0.25) is 0 Å². The summed E-state index contributed by atoms with van der Waals surface area (Å²) in [6, 6.07) is 5.73. The Bertz CT molecular complexity index is 499. The van der Waals surface area contributed by atoms with Crippen LogP contribution in [0, 0.1) is 6.92 Å². The standard InChI is InChI=1S/C11H11BrN2O/c1-3-15-8-4-5-9-10(6-8)14-11(12)7(2)13-9/h4-6H,3H2,1-2H3. The molecule has 0 spiro atoms. The van der Waals surface area contributed by atoms with Crippen molar-refractivity contribution in [3.05, 3.63) is 28.5 Å². The van der Waals surface area contributed by atoms with E-state index < -0.39 is 0 Å². The maximum absolute atomic E-state index is 5.40. The molecule has 3 nitrogen and oxygen atoms in total. The molecular formula is C11H11BrN2O. The Morgan fingerprint density at radius 3 is 2.80 bits per heavy atom. The van der Waals surface area contributed by atoms with Gasteiger partial charge in [-0.05, 0) is 41.9 Å². The quantitative estimate of drug-likeness (QED) is 0.838. The van der Waals surface area contributed by atoms with E-state index in [1.165, 1.54) is 0 Å². The van der Waals surface area contributed by atoms with Crippen molar-refractivity contribution in [3.8, 4) is 5.75 Å². The van der Waals surface area contributed by atoms with Crippen LogP contribution in [0.3, 0.4) is 0 Å². The second-order valence-corrected chi connectivity index (χ2v) is 3.93. The summed E-state index contributed by atoms with van der Waals surface area (Å²) in [4.78, 5) is 8.80. The van der Waals surface area contributed by atoms with Crippen molar-refractivity contribution >= 4 is 27.0 Å². The van der Waals surface area contributed by atoms with E-state index in [1.54, 1.807) is 0 Å². The molecule has 1 aromatic heterocycles. The van der Waals surface area contributed by atoms with Crippen LogP contribution in [0.1, 0.15) is 12.6 Å². The second-order valence-electron chi connectivity index (χ2n) is 3.18. The average molecular weight is 267 g/mol. The number of hydrogen-bond acceptors (Lipinski definition) is 3. The summed E-state index contributed by atoms with van der Waals surface area (Å²) in [5, 5.41) is 0. The van der Waals surface area contributed by atoms with Crippen LogP contribution in [-0.2, 0) is 0 Å². The summed E-state index contributed by atoms with van der Waals surface area (Å²) >= 11 is 3.37. The molecule has 0 saturated carbocycles. The van der Waals surface area contributed by atoms with Crippen LogP contribution < -0.4 is 4.74 Å². The molecule has 2 rings (SSSR count). The first-order valence-corrected chi connectivity index (χ1v) is 5.56. The lowest BCUT2D eigenvalue weighted by Crippen LogP contribution is -1.94. The minimum Gasteiger partial charge on any atom is -0.494 e. The van der Waals surface area contributed by atoms with Gasteiger partial charge in [0.2, 0.25) is 0 Å². The first kappa shape index (κ1) is 10.4. The van der Waals surface area contributed by atoms with Crippen LogP contribution in [-0.4, -0.2) is 16.6 Å². The molecule has 0 bridgehead atoms. The third-order valence-corrected chi connectivity index (χ3v) is 2.81. The van der Waals surface area contributed by atoms with Crippen molar-refractivity contribution in [3.63, 3.8) is 0 Å². The molecule has 0 atom stereocenters. The molecule has 0 radical (unpaired) electrons. The van der Waals surface area contributed by atoms with Crippen LogP contribution in [0.4, 0.5) is 0 Å². The summed E-state index contributed by atoms with van der Waals surface area (Å²) in [6.45, 7) is 4.54. The molecule has 0 aliphatic rings. The third-order valence-electron chi connectivity index (χ3n) is 2.06. The monoisotopic (exact) mass is 266 g/mol. The lowest BCUT2D eigenvalue weighted by Gasteiger charge is -2.05. The van der Waals surface area contributed by atoms with Crippen molar-refractivity contribution in [2.45, 2.75) is 13.8 Å². The maximum atomic E-state index is 5.40. The smallest absolute Gasteiger partial charge is 0.128 e. The van der Waals surface area contributed by atoms with Gasteiger partial charge in [-0.25, -0.2) is 9.97 Å². The van der Waals surface area contributed by atoms with Crippen LogP contribution in [0.25, 0.3) is 11.0 Å².